The van der Waals surface area contributed by atoms with Gasteiger partial charge in [-0.15, -0.1) is 0 Å². The van der Waals surface area contributed by atoms with E-state index in [0.29, 0.717) is 17.3 Å². The minimum atomic E-state index is -5.08. The van der Waals surface area contributed by atoms with Crippen molar-refractivity contribution in [2.24, 2.45) is 0 Å². The van der Waals surface area contributed by atoms with Crippen LogP contribution in [0.15, 0.2) is 42.5 Å². The predicted molar refractivity (Wildman–Crippen MR) is 137 cm³/mol. The van der Waals surface area contributed by atoms with Crippen molar-refractivity contribution in [2.75, 3.05) is 33.1 Å². The first-order chi connectivity index (χ1) is 18.4. The van der Waals surface area contributed by atoms with E-state index in [1.54, 1.807) is 38.5 Å². The van der Waals surface area contributed by atoms with Gasteiger partial charge in [0.2, 0.25) is 0 Å². The molecule has 12 heteroatoms. The third-order valence-corrected chi connectivity index (χ3v) is 7.31. The second kappa shape index (κ2) is 12.3. The maximum atomic E-state index is 12.6. The van der Waals surface area contributed by atoms with Crippen LogP contribution in [0.4, 0.5) is 23.7 Å². The van der Waals surface area contributed by atoms with E-state index in [-0.39, 0.29) is 17.5 Å². The summed E-state index contributed by atoms with van der Waals surface area (Å²) in [6, 6.07) is 15.5. The average molecular weight is 549 g/mol. The summed E-state index contributed by atoms with van der Waals surface area (Å²) in [4.78, 5) is 23.9. The van der Waals surface area contributed by atoms with Gasteiger partial charge in [-0.1, -0.05) is 12.1 Å². The summed E-state index contributed by atoms with van der Waals surface area (Å²) in [5.41, 5.74) is 2.47. The van der Waals surface area contributed by atoms with Gasteiger partial charge in [0.1, 0.15) is 0 Å². The first kappa shape index (κ1) is 29.6. The molecule has 1 saturated heterocycles. The highest BCUT2D eigenvalue weighted by atomic mass is 19.4. The predicted octanol–water partition coefficient (Wildman–Crippen LogP) is 4.52. The summed E-state index contributed by atoms with van der Waals surface area (Å²) >= 11 is 0. The quantitative estimate of drug-likeness (QED) is 0.502. The van der Waals surface area contributed by atoms with Crippen molar-refractivity contribution in [2.45, 2.75) is 49.4 Å². The number of methoxy groups -OCH3 is 2. The number of alkyl halides is 3. The molecule has 2 aromatic carbocycles. The summed E-state index contributed by atoms with van der Waals surface area (Å²) in [7, 11) is 5.49. The normalized spacial score (nSPS) is 22.4. The molecule has 0 unspecified atom stereocenters. The standard InChI is InChI=1S/C25H30N4O3.C2HF3O2/c1-29-12-11-25(18-7-8-21(31-2)22(14-18)32-3)10-9-20(15-23(25)29)28-24(30)27-19-6-4-5-17(13-19)16-26;3-2(4,5)1(6)7/h4-8,13-14,20,23H,9-12,15H2,1-3H3,(H2,27,28,30);(H,6,7)/t20-,23+,25+;/m1./s1. The number of carbonyl (C=O) groups is 2. The molecule has 3 N–H and O–H groups in total. The van der Waals surface area contributed by atoms with Crippen LogP contribution in [-0.2, 0) is 10.2 Å². The average Bonchev–Trinajstić information content (AvgIpc) is 3.24. The van der Waals surface area contributed by atoms with Gasteiger partial charge in [-0.25, -0.2) is 9.59 Å². The molecule has 0 bridgehead atoms. The van der Waals surface area contributed by atoms with Gasteiger partial charge >= 0.3 is 18.2 Å². The smallest absolute Gasteiger partial charge is 0.490 e. The van der Waals surface area contributed by atoms with Crippen LogP contribution in [0.3, 0.4) is 0 Å². The molecule has 9 nitrogen and oxygen atoms in total. The first-order valence-corrected chi connectivity index (χ1v) is 12.2. The Hall–Kier alpha value is -3.98. The van der Waals surface area contributed by atoms with Crippen LogP contribution in [0.5, 0.6) is 11.5 Å². The van der Waals surface area contributed by atoms with E-state index in [1.165, 1.54) is 5.56 Å². The number of nitrogens with zero attached hydrogens (tertiary/aromatic N) is 2. The zero-order chi connectivity index (χ0) is 28.8. The molecule has 2 aromatic rings. The number of rotatable bonds is 5. The second-order valence-corrected chi connectivity index (χ2v) is 9.54. The second-order valence-electron chi connectivity index (χ2n) is 9.54. The molecule has 2 fully saturated rings. The van der Waals surface area contributed by atoms with Crippen LogP contribution in [0.2, 0.25) is 0 Å². The number of benzene rings is 2. The molecule has 0 spiro atoms. The van der Waals surface area contributed by atoms with Crippen LogP contribution in [0.1, 0.15) is 36.8 Å². The number of fused-ring (bicyclic) bond motifs is 1. The Morgan fingerprint density at radius 1 is 1.13 bits per heavy atom. The third-order valence-electron chi connectivity index (χ3n) is 7.31. The molecule has 1 saturated carbocycles. The van der Waals surface area contributed by atoms with Gasteiger partial charge in [-0.2, -0.15) is 18.4 Å². The molecular formula is C27H31F3N4O5. The van der Waals surface area contributed by atoms with E-state index in [1.807, 2.05) is 6.07 Å². The van der Waals surface area contributed by atoms with Gasteiger partial charge in [0.25, 0.3) is 0 Å². The Morgan fingerprint density at radius 2 is 1.82 bits per heavy atom. The summed E-state index contributed by atoms with van der Waals surface area (Å²) in [6.07, 6.45) is -1.21. The maximum absolute atomic E-state index is 12.6. The maximum Gasteiger partial charge on any atom is 0.490 e. The molecule has 0 radical (unpaired) electrons. The number of hydrogen-bond acceptors (Lipinski definition) is 6. The van der Waals surface area contributed by atoms with E-state index in [9.17, 15) is 18.0 Å². The lowest BCUT2D eigenvalue weighted by Crippen LogP contribution is -2.52. The lowest BCUT2D eigenvalue weighted by Gasteiger charge is -2.45. The molecule has 0 aromatic heterocycles. The van der Waals surface area contributed by atoms with Crippen molar-refractivity contribution in [3.8, 4) is 17.6 Å². The Labute approximate surface area is 224 Å². The number of carboxylic acid groups (broad SMARTS) is 1. The third kappa shape index (κ3) is 6.92. The summed E-state index contributed by atoms with van der Waals surface area (Å²) in [5.74, 6) is -1.26. The minimum Gasteiger partial charge on any atom is -0.493 e. The number of urea groups is 1. The summed E-state index contributed by atoms with van der Waals surface area (Å²) < 4.78 is 42.7. The molecule has 210 valence electrons. The van der Waals surface area contributed by atoms with Gasteiger partial charge in [0.15, 0.2) is 11.5 Å². The summed E-state index contributed by atoms with van der Waals surface area (Å²) in [5, 5.41) is 22.2. The lowest BCUT2D eigenvalue weighted by molar-refractivity contribution is -0.192. The zero-order valence-corrected chi connectivity index (χ0v) is 21.8. The number of nitriles is 1. The topological polar surface area (TPSA) is 124 Å². The van der Waals surface area contributed by atoms with Crippen LogP contribution in [0, 0.1) is 11.3 Å². The molecule has 1 aliphatic heterocycles. The van der Waals surface area contributed by atoms with E-state index >= 15 is 0 Å². The number of hydrogen-bond donors (Lipinski definition) is 3. The number of likely N-dealkylation sites (tertiary alicyclic amines) is 1. The number of amides is 2. The molecule has 39 heavy (non-hydrogen) atoms. The number of halogens is 3. The fourth-order valence-corrected chi connectivity index (χ4v) is 5.41. The number of carbonyl (C=O) groups excluding carboxylic acids is 1. The van der Waals surface area contributed by atoms with E-state index < -0.39 is 12.1 Å². The van der Waals surface area contributed by atoms with E-state index in [4.69, 9.17) is 24.6 Å². The van der Waals surface area contributed by atoms with Crippen molar-refractivity contribution in [3.05, 3.63) is 53.6 Å². The van der Waals surface area contributed by atoms with Gasteiger partial charge in [-0.3, -0.25) is 0 Å². The highest BCUT2D eigenvalue weighted by molar-refractivity contribution is 5.89. The molecule has 2 amide bonds. The van der Waals surface area contributed by atoms with Crippen molar-refractivity contribution in [3.63, 3.8) is 0 Å². The number of carboxylic acids is 1. The highest BCUT2D eigenvalue weighted by Crippen LogP contribution is 2.49. The monoisotopic (exact) mass is 548 g/mol. The number of aliphatic carboxylic acids is 1. The molecule has 2 aliphatic rings. The number of anilines is 1. The Bertz CT molecular complexity index is 1230. The first-order valence-electron chi connectivity index (χ1n) is 12.2. The van der Waals surface area contributed by atoms with Crippen LogP contribution < -0.4 is 20.1 Å². The van der Waals surface area contributed by atoms with Gasteiger partial charge in [-0.05, 0) is 75.2 Å². The van der Waals surface area contributed by atoms with Crippen LogP contribution in [-0.4, -0.2) is 68.1 Å². The molecule has 3 atom stereocenters. The zero-order valence-electron chi connectivity index (χ0n) is 21.8. The number of ether oxygens (including phenoxy) is 2. The molecular weight excluding hydrogens is 517 g/mol. The number of nitrogens with one attached hydrogen (secondary N) is 2. The Balaban J connectivity index is 0.000000532. The van der Waals surface area contributed by atoms with E-state index in [2.05, 4.69) is 40.8 Å². The molecule has 4 rings (SSSR count). The van der Waals surface area contributed by atoms with E-state index in [0.717, 1.165) is 43.7 Å². The Kier molecular flexibility index (Phi) is 9.29. The van der Waals surface area contributed by atoms with Gasteiger partial charge < -0.3 is 30.1 Å². The fraction of sp³-hybridized carbons (Fsp3) is 0.444. The van der Waals surface area contributed by atoms with Crippen molar-refractivity contribution in [1.82, 2.24) is 10.2 Å². The van der Waals surface area contributed by atoms with Crippen molar-refractivity contribution < 1.29 is 37.3 Å². The van der Waals surface area contributed by atoms with Crippen LogP contribution >= 0.6 is 0 Å². The van der Waals surface area contributed by atoms with Gasteiger partial charge in [0.05, 0.1) is 25.9 Å². The summed E-state index contributed by atoms with van der Waals surface area (Å²) in [6.45, 7) is 1.03. The van der Waals surface area contributed by atoms with Crippen molar-refractivity contribution in [1.29, 1.82) is 5.26 Å². The fourth-order valence-electron chi connectivity index (χ4n) is 5.41. The SMILES string of the molecule is COc1ccc([C@@]23CC[C@@H](NC(=O)Nc4cccc(C#N)c4)C[C@@H]2N(C)CC3)cc1OC.O=C(O)C(F)(F)F. The largest absolute Gasteiger partial charge is 0.493 e. The Morgan fingerprint density at radius 3 is 2.44 bits per heavy atom. The number of likely N-dealkylation sites (N-methyl/N-ethyl adjacent to an activating group) is 1. The van der Waals surface area contributed by atoms with Crippen molar-refractivity contribution >= 4 is 17.7 Å². The molecule has 1 aliphatic carbocycles. The van der Waals surface area contributed by atoms with Crippen LogP contribution in [0.25, 0.3) is 0 Å². The highest BCUT2D eigenvalue weighted by Gasteiger charge is 2.50. The van der Waals surface area contributed by atoms with Gasteiger partial charge in [0, 0.05) is 23.2 Å². The molecule has 1 heterocycles. The lowest BCUT2D eigenvalue weighted by atomic mass is 9.65. The minimum absolute atomic E-state index is 0.0457.